The van der Waals surface area contributed by atoms with Crippen LogP contribution in [0.25, 0.3) is 6.08 Å². The summed E-state index contributed by atoms with van der Waals surface area (Å²) in [6, 6.07) is 31.8. The smallest absolute Gasteiger partial charge is 0.0801 e. The Bertz CT molecular complexity index is 737. The van der Waals surface area contributed by atoms with Crippen LogP contribution < -0.4 is 0 Å². The summed E-state index contributed by atoms with van der Waals surface area (Å²) in [5.74, 6) is 0.994. The predicted molar refractivity (Wildman–Crippen MR) is 109 cm³/mol. The van der Waals surface area contributed by atoms with Crippen molar-refractivity contribution in [3.8, 4) is 0 Å². The minimum atomic E-state index is 0.397. The Balaban J connectivity index is 1.65. The fraction of sp³-hybridized carbons (Fsp3) is 0.0909. The SMILES string of the molecule is C(=C\c1ccccc1)/CSC(Sc1ccccc1)c1ccccc1. The summed E-state index contributed by atoms with van der Waals surface area (Å²) in [6.07, 6.45) is 4.45. The topological polar surface area (TPSA) is 0 Å². The normalized spacial score (nSPS) is 12.3. The maximum absolute atomic E-state index is 2.25. The van der Waals surface area contributed by atoms with Gasteiger partial charge < -0.3 is 0 Å². The highest BCUT2D eigenvalue weighted by molar-refractivity contribution is 8.16. The third kappa shape index (κ3) is 5.33. The first kappa shape index (κ1) is 16.9. The van der Waals surface area contributed by atoms with Crippen molar-refractivity contribution in [2.45, 2.75) is 9.48 Å². The zero-order chi connectivity index (χ0) is 16.5. The molecule has 1 unspecified atom stereocenters. The van der Waals surface area contributed by atoms with Crippen LogP contribution in [-0.2, 0) is 0 Å². The molecule has 3 aromatic rings. The molecule has 3 aromatic carbocycles. The van der Waals surface area contributed by atoms with E-state index in [0.717, 1.165) is 5.75 Å². The van der Waals surface area contributed by atoms with E-state index in [2.05, 4.69) is 97.1 Å². The standard InChI is InChI=1S/C22H20S2/c1-4-11-19(12-5-1)13-10-18-23-22(20-14-6-2-7-15-20)24-21-16-8-3-9-17-21/h1-17,22H,18H2/b13-10+. The lowest BCUT2D eigenvalue weighted by molar-refractivity contribution is 1.35. The summed E-state index contributed by atoms with van der Waals surface area (Å²) in [5.41, 5.74) is 2.62. The quantitative estimate of drug-likeness (QED) is 0.335. The third-order valence-electron chi connectivity index (χ3n) is 3.51. The Morgan fingerprint density at radius 1 is 0.708 bits per heavy atom. The van der Waals surface area contributed by atoms with Gasteiger partial charge in [-0.1, -0.05) is 91.0 Å². The average Bonchev–Trinajstić information content (AvgIpc) is 2.66. The highest BCUT2D eigenvalue weighted by Gasteiger charge is 2.12. The van der Waals surface area contributed by atoms with Crippen molar-refractivity contribution in [2.75, 3.05) is 5.75 Å². The van der Waals surface area contributed by atoms with Gasteiger partial charge >= 0.3 is 0 Å². The molecule has 0 amide bonds. The van der Waals surface area contributed by atoms with E-state index in [1.54, 1.807) is 0 Å². The minimum absolute atomic E-state index is 0.397. The molecule has 24 heavy (non-hydrogen) atoms. The van der Waals surface area contributed by atoms with Gasteiger partial charge in [-0.05, 0) is 23.3 Å². The molecule has 0 saturated heterocycles. The number of thioether (sulfide) groups is 2. The molecule has 0 fully saturated rings. The summed E-state index contributed by atoms with van der Waals surface area (Å²) in [4.78, 5) is 1.31. The highest BCUT2D eigenvalue weighted by atomic mass is 32.2. The number of rotatable bonds is 7. The van der Waals surface area contributed by atoms with E-state index >= 15 is 0 Å². The van der Waals surface area contributed by atoms with Crippen LogP contribution in [0.3, 0.4) is 0 Å². The van der Waals surface area contributed by atoms with Gasteiger partial charge in [-0.25, -0.2) is 0 Å². The van der Waals surface area contributed by atoms with Gasteiger partial charge in [0.15, 0.2) is 0 Å². The Hall–Kier alpha value is -1.90. The van der Waals surface area contributed by atoms with Crippen molar-refractivity contribution < 1.29 is 0 Å². The van der Waals surface area contributed by atoms with Gasteiger partial charge in [-0.2, -0.15) is 0 Å². The fourth-order valence-electron chi connectivity index (χ4n) is 2.32. The number of hydrogen-bond donors (Lipinski definition) is 0. The maximum Gasteiger partial charge on any atom is 0.0801 e. The molecule has 0 heterocycles. The molecule has 0 spiro atoms. The van der Waals surface area contributed by atoms with Crippen molar-refractivity contribution in [1.29, 1.82) is 0 Å². The van der Waals surface area contributed by atoms with Crippen LogP contribution in [0.15, 0.2) is 102 Å². The number of hydrogen-bond acceptors (Lipinski definition) is 2. The van der Waals surface area contributed by atoms with Crippen LogP contribution in [0.1, 0.15) is 15.7 Å². The van der Waals surface area contributed by atoms with Gasteiger partial charge in [0.1, 0.15) is 0 Å². The molecule has 0 radical (unpaired) electrons. The zero-order valence-corrected chi connectivity index (χ0v) is 15.0. The molecule has 3 rings (SSSR count). The molecular formula is C22H20S2. The van der Waals surface area contributed by atoms with Crippen LogP contribution in [0.2, 0.25) is 0 Å². The molecule has 0 aromatic heterocycles. The highest BCUT2D eigenvalue weighted by Crippen LogP contribution is 2.43. The van der Waals surface area contributed by atoms with Crippen molar-refractivity contribution in [3.05, 3.63) is 108 Å². The first-order valence-corrected chi connectivity index (χ1v) is 9.94. The van der Waals surface area contributed by atoms with Crippen LogP contribution >= 0.6 is 23.5 Å². The van der Waals surface area contributed by atoms with Crippen molar-refractivity contribution >= 4 is 29.6 Å². The first-order valence-electron chi connectivity index (χ1n) is 8.02. The molecular weight excluding hydrogens is 328 g/mol. The summed E-state index contributed by atoms with van der Waals surface area (Å²) in [7, 11) is 0. The second-order valence-corrected chi connectivity index (χ2v) is 7.93. The van der Waals surface area contributed by atoms with Crippen LogP contribution in [0.5, 0.6) is 0 Å². The van der Waals surface area contributed by atoms with Crippen molar-refractivity contribution in [1.82, 2.24) is 0 Å². The van der Waals surface area contributed by atoms with Gasteiger partial charge in [-0.3, -0.25) is 0 Å². The first-order chi connectivity index (χ1) is 11.9. The molecule has 0 bridgehead atoms. The molecule has 120 valence electrons. The van der Waals surface area contributed by atoms with Gasteiger partial charge in [0.05, 0.1) is 4.58 Å². The van der Waals surface area contributed by atoms with Crippen LogP contribution in [0.4, 0.5) is 0 Å². The number of benzene rings is 3. The zero-order valence-electron chi connectivity index (χ0n) is 13.4. The van der Waals surface area contributed by atoms with Gasteiger partial charge in [0.2, 0.25) is 0 Å². The molecule has 0 aliphatic rings. The fourth-order valence-corrected chi connectivity index (χ4v) is 4.75. The lowest BCUT2D eigenvalue weighted by atomic mass is 10.2. The van der Waals surface area contributed by atoms with E-state index in [1.165, 1.54) is 16.0 Å². The summed E-state index contributed by atoms with van der Waals surface area (Å²) in [5, 5.41) is 0. The van der Waals surface area contributed by atoms with Gasteiger partial charge in [0.25, 0.3) is 0 Å². The lowest BCUT2D eigenvalue weighted by Crippen LogP contribution is -1.90. The van der Waals surface area contributed by atoms with E-state index < -0.39 is 0 Å². The van der Waals surface area contributed by atoms with E-state index in [0.29, 0.717) is 4.58 Å². The second-order valence-electron chi connectivity index (χ2n) is 5.32. The van der Waals surface area contributed by atoms with Crippen LogP contribution in [-0.4, -0.2) is 5.75 Å². The lowest BCUT2D eigenvalue weighted by Gasteiger charge is -2.16. The summed E-state index contributed by atoms with van der Waals surface area (Å²) < 4.78 is 0.397. The summed E-state index contributed by atoms with van der Waals surface area (Å²) in [6.45, 7) is 0. The Morgan fingerprint density at radius 2 is 1.29 bits per heavy atom. The molecule has 0 aliphatic heterocycles. The van der Waals surface area contributed by atoms with E-state index in [-0.39, 0.29) is 0 Å². The predicted octanol–water partition coefficient (Wildman–Crippen LogP) is 6.92. The maximum atomic E-state index is 2.25. The van der Waals surface area contributed by atoms with E-state index in [4.69, 9.17) is 0 Å². The van der Waals surface area contributed by atoms with E-state index in [9.17, 15) is 0 Å². The molecule has 0 saturated carbocycles. The monoisotopic (exact) mass is 348 g/mol. The van der Waals surface area contributed by atoms with Gasteiger partial charge in [0, 0.05) is 10.6 Å². The third-order valence-corrected chi connectivity index (χ3v) is 6.20. The van der Waals surface area contributed by atoms with Gasteiger partial charge in [-0.15, -0.1) is 23.5 Å². The molecule has 0 aliphatic carbocycles. The molecule has 1 atom stereocenters. The average molecular weight is 349 g/mol. The molecule has 0 nitrogen and oxygen atoms in total. The van der Waals surface area contributed by atoms with E-state index in [1.807, 2.05) is 29.6 Å². The van der Waals surface area contributed by atoms with Crippen LogP contribution in [0, 0.1) is 0 Å². The summed E-state index contributed by atoms with van der Waals surface area (Å²) >= 11 is 3.88. The second kappa shape index (κ2) is 9.41. The Morgan fingerprint density at radius 3 is 1.96 bits per heavy atom. The Labute approximate surface area is 153 Å². The largest absolute Gasteiger partial charge is 0.138 e. The van der Waals surface area contributed by atoms with Crippen molar-refractivity contribution in [3.63, 3.8) is 0 Å². The van der Waals surface area contributed by atoms with Crippen molar-refractivity contribution in [2.24, 2.45) is 0 Å². The Kier molecular flexibility index (Phi) is 6.64. The molecule has 0 N–H and O–H groups in total. The minimum Gasteiger partial charge on any atom is -0.138 e. The molecule has 2 heteroatoms.